The van der Waals surface area contributed by atoms with Crippen LogP contribution in [-0.2, 0) is 19.1 Å². The molecule has 1 saturated heterocycles. The molecule has 0 spiro atoms. The van der Waals surface area contributed by atoms with Crippen molar-refractivity contribution in [2.45, 2.75) is 58.6 Å². The molecule has 2 amide bonds. The number of H-pyrrole nitrogens is 1. The first-order valence-electron chi connectivity index (χ1n) is 13.1. The Hall–Kier alpha value is -2.88. The predicted octanol–water partition coefficient (Wildman–Crippen LogP) is 3.40. The van der Waals surface area contributed by atoms with Gasteiger partial charge in [0.25, 0.3) is 0 Å². The number of amides is 2. The van der Waals surface area contributed by atoms with E-state index in [0.29, 0.717) is 25.1 Å². The molecule has 37 heavy (non-hydrogen) atoms. The van der Waals surface area contributed by atoms with Gasteiger partial charge in [0.2, 0.25) is 11.8 Å². The summed E-state index contributed by atoms with van der Waals surface area (Å²) < 4.78 is 10.9. The molecule has 1 aromatic heterocycles. The van der Waals surface area contributed by atoms with Crippen molar-refractivity contribution in [3.05, 3.63) is 41.2 Å². The molecular weight excluding hydrogens is 470 g/mol. The molecule has 3 N–H and O–H groups in total. The molecule has 0 saturated carbocycles. The molecule has 200 valence electrons. The molecule has 1 unspecified atom stereocenters. The lowest BCUT2D eigenvalue weighted by Crippen LogP contribution is -2.54. The van der Waals surface area contributed by atoms with E-state index in [0.717, 1.165) is 35.1 Å². The van der Waals surface area contributed by atoms with E-state index in [-0.39, 0.29) is 31.0 Å². The lowest BCUT2D eigenvalue weighted by Gasteiger charge is -2.38. The van der Waals surface area contributed by atoms with Gasteiger partial charge < -0.3 is 29.7 Å². The zero-order chi connectivity index (χ0) is 26.4. The number of nitrogens with zero attached hydrogens (tertiary/aromatic N) is 2. The fraction of sp³-hybridized carbons (Fsp3) is 0.571. The maximum absolute atomic E-state index is 13.4. The molecule has 3 aliphatic rings. The number of ether oxygens (including phenoxy) is 2. The smallest absolute Gasteiger partial charge is 0.249 e. The van der Waals surface area contributed by atoms with Crippen molar-refractivity contribution in [1.29, 1.82) is 0 Å². The molecule has 2 aromatic rings. The number of aromatic nitrogens is 1. The van der Waals surface area contributed by atoms with Crippen LogP contribution in [0.1, 0.15) is 58.7 Å². The molecule has 9 heteroatoms. The zero-order valence-electron chi connectivity index (χ0n) is 22.6. The number of hydrogen-bond acceptors (Lipinski definition) is 6. The van der Waals surface area contributed by atoms with Crippen molar-refractivity contribution in [1.82, 2.24) is 20.7 Å². The van der Waals surface area contributed by atoms with E-state index in [1.54, 1.807) is 16.9 Å². The van der Waals surface area contributed by atoms with Crippen molar-refractivity contribution in [3.8, 4) is 0 Å². The van der Waals surface area contributed by atoms with Crippen molar-refractivity contribution >= 4 is 28.4 Å². The van der Waals surface area contributed by atoms with E-state index in [4.69, 9.17) is 9.47 Å². The first-order valence-corrected chi connectivity index (χ1v) is 13.1. The summed E-state index contributed by atoms with van der Waals surface area (Å²) in [6, 6.07) is 8.32. The van der Waals surface area contributed by atoms with E-state index in [9.17, 15) is 9.59 Å². The number of nitrogens with one attached hydrogen (secondary N) is 3. The summed E-state index contributed by atoms with van der Waals surface area (Å²) in [6.45, 7) is 9.68. The van der Waals surface area contributed by atoms with Crippen LogP contribution in [0.4, 0.5) is 5.69 Å². The molecule has 9 nitrogen and oxygen atoms in total. The third kappa shape index (κ3) is 5.39. The number of rotatable bonds is 7. The summed E-state index contributed by atoms with van der Waals surface area (Å²) in [5.41, 5.74) is 12.3. The summed E-state index contributed by atoms with van der Waals surface area (Å²) in [5.74, 6) is -0.309. The maximum atomic E-state index is 13.4. The van der Waals surface area contributed by atoms with E-state index in [2.05, 4.69) is 35.7 Å². The second-order valence-corrected chi connectivity index (χ2v) is 11.9. The highest BCUT2D eigenvalue weighted by molar-refractivity contribution is 5.98. The molecule has 0 radical (unpaired) electrons. The van der Waals surface area contributed by atoms with Gasteiger partial charge in [-0.25, -0.2) is 5.43 Å². The highest BCUT2D eigenvalue weighted by atomic mass is 16.5. The predicted molar refractivity (Wildman–Crippen MR) is 143 cm³/mol. The van der Waals surface area contributed by atoms with Crippen LogP contribution in [0.2, 0.25) is 0 Å². The second kappa shape index (κ2) is 9.78. The first kappa shape index (κ1) is 25.8. The van der Waals surface area contributed by atoms with E-state index in [1.165, 1.54) is 17.7 Å². The van der Waals surface area contributed by atoms with Crippen molar-refractivity contribution < 1.29 is 19.1 Å². The van der Waals surface area contributed by atoms with Crippen molar-refractivity contribution in [2.75, 3.05) is 44.9 Å². The maximum Gasteiger partial charge on any atom is 0.249 e. The summed E-state index contributed by atoms with van der Waals surface area (Å²) in [6.07, 6.45) is 3.30. The number of hydrazine groups is 1. The number of hydrogen-bond donors (Lipinski definition) is 3. The fourth-order valence-electron chi connectivity index (χ4n) is 5.64. The van der Waals surface area contributed by atoms with Crippen LogP contribution in [-0.4, -0.2) is 67.3 Å². The van der Waals surface area contributed by atoms with Gasteiger partial charge in [0, 0.05) is 42.8 Å². The molecule has 2 aliphatic heterocycles. The van der Waals surface area contributed by atoms with Crippen LogP contribution < -0.4 is 15.8 Å². The monoisotopic (exact) mass is 509 g/mol. The van der Waals surface area contributed by atoms with Crippen LogP contribution >= 0.6 is 0 Å². The molecular formula is C28H39N5O4. The Morgan fingerprint density at radius 3 is 2.84 bits per heavy atom. The van der Waals surface area contributed by atoms with Crippen LogP contribution in [0.5, 0.6) is 0 Å². The Bertz CT molecular complexity index is 1230. The number of anilines is 1. The number of methoxy groups -OCH3 is 1. The SMILES string of the molecule is COCCN(C(=O)CN1CC(C)(C)OCC1=O)c1ccc2cc(C3NNC4=C3CCC(C)(C)C4)[nH]c2c1. The minimum atomic E-state index is -0.475. The van der Waals surface area contributed by atoms with Crippen LogP contribution in [0.3, 0.4) is 0 Å². The Balaban J connectivity index is 1.38. The number of fused-ring (bicyclic) bond motifs is 1. The molecule has 0 bridgehead atoms. The van der Waals surface area contributed by atoms with Gasteiger partial charge in [0.05, 0.1) is 18.2 Å². The number of aromatic amines is 1. The van der Waals surface area contributed by atoms with Crippen LogP contribution in [0, 0.1) is 5.41 Å². The molecule has 1 aliphatic carbocycles. The number of carbonyl (C=O) groups is 2. The van der Waals surface area contributed by atoms with Gasteiger partial charge in [0.15, 0.2) is 0 Å². The number of morpholine rings is 1. The normalized spacial score (nSPS) is 22.8. The Kier molecular flexibility index (Phi) is 6.81. The van der Waals surface area contributed by atoms with Gasteiger partial charge in [-0.1, -0.05) is 19.9 Å². The van der Waals surface area contributed by atoms with Gasteiger partial charge in [-0.05, 0) is 67.7 Å². The minimum Gasteiger partial charge on any atom is -0.383 e. The Morgan fingerprint density at radius 1 is 1.24 bits per heavy atom. The second-order valence-electron chi connectivity index (χ2n) is 11.9. The lowest BCUT2D eigenvalue weighted by molar-refractivity contribution is -0.160. The summed E-state index contributed by atoms with van der Waals surface area (Å²) in [5, 5.41) is 1.09. The highest BCUT2D eigenvalue weighted by Crippen LogP contribution is 2.44. The van der Waals surface area contributed by atoms with E-state index in [1.807, 2.05) is 32.0 Å². The number of carbonyl (C=O) groups excluding carboxylic acids is 2. The van der Waals surface area contributed by atoms with E-state index >= 15 is 0 Å². The Morgan fingerprint density at radius 2 is 2.05 bits per heavy atom. The van der Waals surface area contributed by atoms with Gasteiger partial charge >= 0.3 is 0 Å². The summed E-state index contributed by atoms with van der Waals surface area (Å²) in [7, 11) is 1.62. The third-order valence-electron chi connectivity index (χ3n) is 7.74. The summed E-state index contributed by atoms with van der Waals surface area (Å²) in [4.78, 5) is 32.7. The van der Waals surface area contributed by atoms with Gasteiger partial charge in [-0.15, -0.1) is 0 Å². The van der Waals surface area contributed by atoms with Crippen LogP contribution in [0.25, 0.3) is 10.9 Å². The van der Waals surface area contributed by atoms with Gasteiger partial charge in [-0.3, -0.25) is 9.59 Å². The molecule has 3 heterocycles. The molecule has 1 fully saturated rings. The highest BCUT2D eigenvalue weighted by Gasteiger charge is 2.36. The fourth-order valence-corrected chi connectivity index (χ4v) is 5.64. The lowest BCUT2D eigenvalue weighted by atomic mass is 9.75. The van der Waals surface area contributed by atoms with Crippen molar-refractivity contribution in [2.24, 2.45) is 5.41 Å². The third-order valence-corrected chi connectivity index (χ3v) is 7.74. The summed E-state index contributed by atoms with van der Waals surface area (Å²) >= 11 is 0. The first-order chi connectivity index (χ1) is 17.5. The molecule has 1 aromatic carbocycles. The standard InChI is InChI=1S/C28H39N5O4/c1-27(2)9-8-20-23(14-27)30-31-26(20)22-12-18-6-7-19(13-21(18)29-22)33(10-11-36-5)24(34)15-32-17-28(3,4)37-16-25(32)35/h6-7,12-13,26,29-31H,8-11,14-17H2,1-5H3. The minimum absolute atomic E-state index is 0.00470. The average molecular weight is 510 g/mol. The van der Waals surface area contributed by atoms with Gasteiger partial charge in [0.1, 0.15) is 13.2 Å². The number of allylic oxidation sites excluding steroid dienone is 1. The largest absolute Gasteiger partial charge is 0.383 e. The number of benzene rings is 1. The Labute approximate surface area is 218 Å². The van der Waals surface area contributed by atoms with E-state index < -0.39 is 5.60 Å². The van der Waals surface area contributed by atoms with Crippen LogP contribution in [0.15, 0.2) is 35.5 Å². The molecule has 1 atom stereocenters. The quantitative estimate of drug-likeness (QED) is 0.529. The topological polar surface area (TPSA) is 98.9 Å². The zero-order valence-corrected chi connectivity index (χ0v) is 22.6. The average Bonchev–Trinajstić information content (AvgIpc) is 3.44. The molecule has 5 rings (SSSR count). The van der Waals surface area contributed by atoms with Crippen molar-refractivity contribution in [3.63, 3.8) is 0 Å². The van der Waals surface area contributed by atoms with Gasteiger partial charge in [-0.2, -0.15) is 0 Å².